The first-order chi connectivity index (χ1) is 16.0. The molecule has 3 aromatic rings. The molecule has 0 spiro atoms. The van der Waals surface area contributed by atoms with Crippen LogP contribution in [-0.4, -0.2) is 43.7 Å². The van der Waals surface area contributed by atoms with Gasteiger partial charge >= 0.3 is 0 Å². The van der Waals surface area contributed by atoms with Crippen LogP contribution in [0.15, 0.2) is 64.5 Å². The van der Waals surface area contributed by atoms with Crippen molar-refractivity contribution < 1.29 is 19.0 Å². The number of methoxy groups -OCH3 is 2. The first kappa shape index (κ1) is 22.3. The van der Waals surface area contributed by atoms with Crippen LogP contribution in [0.25, 0.3) is 11.3 Å². The molecule has 1 N–H and O–H groups in total. The summed E-state index contributed by atoms with van der Waals surface area (Å²) < 4.78 is 18.1. The second-order valence-corrected chi connectivity index (χ2v) is 7.98. The van der Waals surface area contributed by atoms with Crippen LogP contribution in [-0.2, 0) is 4.79 Å². The van der Waals surface area contributed by atoms with Gasteiger partial charge in [0.25, 0.3) is 5.91 Å². The summed E-state index contributed by atoms with van der Waals surface area (Å²) in [6.45, 7) is 6.17. The maximum atomic E-state index is 11.8. The zero-order valence-corrected chi connectivity index (χ0v) is 19.4. The number of carbonyl (C=O) groups excluding carboxylic acids is 1. The number of amides is 1. The molecule has 2 aromatic carbocycles. The molecule has 0 saturated carbocycles. The number of hydrogen-bond donors (Lipinski definition) is 1. The van der Waals surface area contributed by atoms with Gasteiger partial charge in [-0.2, -0.15) is 5.10 Å². The predicted octanol–water partition coefficient (Wildman–Crippen LogP) is 3.92. The van der Waals surface area contributed by atoms with Crippen molar-refractivity contribution in [3.05, 3.63) is 64.8 Å². The van der Waals surface area contributed by atoms with Gasteiger partial charge < -0.3 is 19.5 Å². The Morgan fingerprint density at radius 2 is 2.06 bits per heavy atom. The minimum atomic E-state index is -0.179. The molecule has 2 heterocycles. The van der Waals surface area contributed by atoms with Gasteiger partial charge in [-0.05, 0) is 43.3 Å². The summed E-state index contributed by atoms with van der Waals surface area (Å²) in [5.41, 5.74) is 4.00. The maximum absolute atomic E-state index is 11.8. The summed E-state index contributed by atoms with van der Waals surface area (Å²) in [7, 11) is 3.20. The van der Waals surface area contributed by atoms with Crippen molar-refractivity contribution in [1.29, 1.82) is 0 Å². The number of rotatable bonds is 7. The van der Waals surface area contributed by atoms with Crippen molar-refractivity contribution in [2.45, 2.75) is 6.92 Å². The second kappa shape index (κ2) is 9.74. The molecular weight excluding hydrogens is 440 g/mol. The Morgan fingerprint density at radius 1 is 1.24 bits per heavy atom. The van der Waals surface area contributed by atoms with Crippen LogP contribution in [0.5, 0.6) is 17.2 Å². The minimum absolute atomic E-state index is 0.0180. The molecule has 1 aromatic heterocycles. The third kappa shape index (κ3) is 4.68. The zero-order valence-electron chi connectivity index (χ0n) is 18.6. The first-order valence-electron chi connectivity index (χ1n) is 10.2. The standard InChI is InChI=1S/C24H24N4O4S/c1-5-10-25-24-28(27-15(2)16-6-9-21(30-3)22(12-16)31-4)19(14-33-24)17-7-8-20-18(11-17)26-23(29)13-32-20/h5-9,11-12,14H,1,10,13H2,2-4H3,(H,26,29). The predicted molar refractivity (Wildman–Crippen MR) is 130 cm³/mol. The molecule has 1 amide bonds. The minimum Gasteiger partial charge on any atom is -0.493 e. The monoisotopic (exact) mass is 464 g/mol. The molecule has 33 heavy (non-hydrogen) atoms. The molecule has 0 aliphatic carbocycles. The normalized spacial score (nSPS) is 13.7. The lowest BCUT2D eigenvalue weighted by Crippen LogP contribution is -2.25. The van der Waals surface area contributed by atoms with Crippen molar-refractivity contribution in [2.24, 2.45) is 10.1 Å². The van der Waals surface area contributed by atoms with E-state index in [4.69, 9.17) is 19.3 Å². The van der Waals surface area contributed by atoms with Gasteiger partial charge in [0.1, 0.15) is 5.75 Å². The van der Waals surface area contributed by atoms with Gasteiger partial charge in [0.2, 0.25) is 4.80 Å². The number of benzene rings is 2. The van der Waals surface area contributed by atoms with Crippen LogP contribution in [0.3, 0.4) is 0 Å². The third-order valence-corrected chi connectivity index (χ3v) is 5.85. The Hall–Kier alpha value is -3.85. The number of carbonyl (C=O) groups is 1. The summed E-state index contributed by atoms with van der Waals surface area (Å²) in [5, 5.41) is 9.72. The average Bonchev–Trinajstić information content (AvgIpc) is 3.23. The van der Waals surface area contributed by atoms with Crippen LogP contribution in [0, 0.1) is 0 Å². The molecule has 0 unspecified atom stereocenters. The zero-order chi connectivity index (χ0) is 23.4. The number of nitrogens with one attached hydrogen (secondary N) is 1. The van der Waals surface area contributed by atoms with E-state index in [1.54, 1.807) is 25.0 Å². The van der Waals surface area contributed by atoms with Gasteiger partial charge in [0.15, 0.2) is 18.1 Å². The molecule has 0 bridgehead atoms. The molecule has 4 rings (SSSR count). The number of hydrogen-bond acceptors (Lipinski definition) is 7. The van der Waals surface area contributed by atoms with Gasteiger partial charge in [0, 0.05) is 16.5 Å². The Balaban J connectivity index is 1.81. The van der Waals surface area contributed by atoms with Crippen molar-refractivity contribution in [1.82, 2.24) is 4.68 Å². The lowest BCUT2D eigenvalue weighted by atomic mass is 10.1. The average molecular weight is 465 g/mol. The highest BCUT2D eigenvalue weighted by molar-refractivity contribution is 7.07. The van der Waals surface area contributed by atoms with Crippen molar-refractivity contribution in [3.63, 3.8) is 0 Å². The largest absolute Gasteiger partial charge is 0.493 e. The summed E-state index contributed by atoms with van der Waals surface area (Å²) in [6, 6.07) is 11.3. The van der Waals surface area contributed by atoms with Crippen LogP contribution >= 0.6 is 11.3 Å². The molecule has 0 fully saturated rings. The third-order valence-electron chi connectivity index (χ3n) is 5.00. The van der Waals surface area contributed by atoms with E-state index >= 15 is 0 Å². The molecule has 1 aliphatic rings. The highest BCUT2D eigenvalue weighted by Gasteiger charge is 2.18. The van der Waals surface area contributed by atoms with E-state index in [0.29, 0.717) is 29.5 Å². The summed E-state index contributed by atoms with van der Waals surface area (Å²) in [4.78, 5) is 17.1. The van der Waals surface area contributed by atoms with E-state index in [1.165, 1.54) is 11.3 Å². The number of ether oxygens (including phenoxy) is 3. The molecule has 0 radical (unpaired) electrons. The highest BCUT2D eigenvalue weighted by atomic mass is 32.1. The number of anilines is 1. The lowest BCUT2D eigenvalue weighted by molar-refractivity contribution is -0.118. The number of nitrogens with zero attached hydrogens (tertiary/aromatic N) is 3. The van der Waals surface area contributed by atoms with Crippen molar-refractivity contribution >= 4 is 28.6 Å². The van der Waals surface area contributed by atoms with Gasteiger partial charge in [-0.3, -0.25) is 9.79 Å². The quantitative estimate of drug-likeness (QED) is 0.424. The molecule has 0 saturated heterocycles. The Labute approximate surface area is 195 Å². The lowest BCUT2D eigenvalue weighted by Gasteiger charge is -2.18. The molecule has 9 heteroatoms. The van der Waals surface area contributed by atoms with E-state index in [0.717, 1.165) is 27.3 Å². The fraction of sp³-hybridized carbons (Fsp3) is 0.208. The Bertz CT molecular complexity index is 1310. The van der Waals surface area contributed by atoms with Crippen LogP contribution < -0.4 is 24.3 Å². The smallest absolute Gasteiger partial charge is 0.262 e. The van der Waals surface area contributed by atoms with E-state index in [1.807, 2.05) is 48.7 Å². The first-order valence-corrected chi connectivity index (χ1v) is 11.1. The summed E-state index contributed by atoms with van der Waals surface area (Å²) in [5.74, 6) is 1.74. The molecule has 1 aliphatic heterocycles. The summed E-state index contributed by atoms with van der Waals surface area (Å²) in [6.07, 6.45) is 1.74. The SMILES string of the molecule is C=CCN=c1scc(-c2ccc3c(c2)NC(=O)CO3)n1N=C(C)c1ccc(OC)c(OC)c1. The van der Waals surface area contributed by atoms with Crippen molar-refractivity contribution in [2.75, 3.05) is 32.7 Å². The Morgan fingerprint density at radius 3 is 2.82 bits per heavy atom. The molecule has 8 nitrogen and oxygen atoms in total. The maximum Gasteiger partial charge on any atom is 0.262 e. The van der Waals surface area contributed by atoms with Crippen LogP contribution in [0.4, 0.5) is 5.69 Å². The second-order valence-electron chi connectivity index (χ2n) is 7.15. The van der Waals surface area contributed by atoms with E-state index in [2.05, 4.69) is 16.9 Å². The molecule has 0 atom stereocenters. The van der Waals surface area contributed by atoms with Crippen molar-refractivity contribution in [3.8, 4) is 28.5 Å². The number of aromatic nitrogens is 1. The highest BCUT2D eigenvalue weighted by Crippen LogP contribution is 2.33. The molecule has 170 valence electrons. The fourth-order valence-electron chi connectivity index (χ4n) is 3.36. The van der Waals surface area contributed by atoms with E-state index in [9.17, 15) is 4.79 Å². The topological polar surface area (TPSA) is 86.4 Å². The number of thiazole rings is 1. The van der Waals surface area contributed by atoms with Gasteiger partial charge in [-0.15, -0.1) is 17.9 Å². The van der Waals surface area contributed by atoms with E-state index < -0.39 is 0 Å². The Kier molecular flexibility index (Phi) is 6.60. The van der Waals surface area contributed by atoms with Gasteiger partial charge in [0.05, 0.1) is 37.9 Å². The van der Waals surface area contributed by atoms with Gasteiger partial charge in [-0.1, -0.05) is 6.08 Å². The van der Waals surface area contributed by atoms with Crippen LogP contribution in [0.2, 0.25) is 0 Å². The fourth-order valence-corrected chi connectivity index (χ4v) is 4.20. The van der Waals surface area contributed by atoms with Crippen LogP contribution in [0.1, 0.15) is 12.5 Å². The van der Waals surface area contributed by atoms with E-state index in [-0.39, 0.29) is 12.5 Å². The molecular formula is C24H24N4O4S. The number of fused-ring (bicyclic) bond motifs is 1. The summed E-state index contributed by atoms with van der Waals surface area (Å²) >= 11 is 1.48. The van der Waals surface area contributed by atoms with Gasteiger partial charge in [-0.25, -0.2) is 4.68 Å².